The van der Waals surface area contributed by atoms with Crippen molar-refractivity contribution in [2.75, 3.05) is 33.2 Å². The molecular weight excluding hydrogens is 198 g/mol. The molecule has 0 saturated carbocycles. The highest BCUT2D eigenvalue weighted by molar-refractivity contribution is 4.82. The maximum atomic E-state index is 6.39. The van der Waals surface area contributed by atoms with Gasteiger partial charge >= 0.3 is 0 Å². The molecule has 2 unspecified atom stereocenters. The first-order valence-electron chi connectivity index (χ1n) is 6.90. The van der Waals surface area contributed by atoms with Crippen LogP contribution < -0.4 is 11.1 Å². The molecule has 0 spiro atoms. The van der Waals surface area contributed by atoms with Gasteiger partial charge in [0.25, 0.3) is 0 Å². The first kappa shape index (κ1) is 12.3. The van der Waals surface area contributed by atoms with Crippen LogP contribution in [0.1, 0.15) is 32.1 Å². The number of rotatable bonds is 3. The first-order valence-corrected chi connectivity index (χ1v) is 6.90. The van der Waals surface area contributed by atoms with Crippen LogP contribution in [0.4, 0.5) is 0 Å². The molecule has 0 radical (unpaired) electrons. The molecule has 2 aliphatic rings. The van der Waals surface area contributed by atoms with Crippen LogP contribution in [-0.4, -0.2) is 44.2 Å². The van der Waals surface area contributed by atoms with Crippen LogP contribution in [0, 0.1) is 11.8 Å². The lowest BCUT2D eigenvalue weighted by Crippen LogP contribution is -2.43. The minimum Gasteiger partial charge on any atom is -0.327 e. The predicted octanol–water partition coefficient (Wildman–Crippen LogP) is 1.05. The fourth-order valence-corrected chi connectivity index (χ4v) is 3.25. The lowest BCUT2D eigenvalue weighted by Gasteiger charge is -2.35. The zero-order chi connectivity index (χ0) is 11.4. The molecule has 0 aliphatic carbocycles. The molecule has 16 heavy (non-hydrogen) atoms. The van der Waals surface area contributed by atoms with Crippen molar-refractivity contribution in [3.05, 3.63) is 0 Å². The van der Waals surface area contributed by atoms with Gasteiger partial charge in [0.05, 0.1) is 0 Å². The van der Waals surface area contributed by atoms with Crippen molar-refractivity contribution in [1.82, 2.24) is 10.2 Å². The Bertz CT molecular complexity index is 201. The van der Waals surface area contributed by atoms with E-state index in [0.717, 1.165) is 11.8 Å². The molecule has 0 aromatic heterocycles. The number of likely N-dealkylation sites (tertiary alicyclic amines) is 1. The lowest BCUT2D eigenvalue weighted by molar-refractivity contribution is 0.171. The molecule has 0 amide bonds. The van der Waals surface area contributed by atoms with Gasteiger partial charge in [-0.1, -0.05) is 0 Å². The van der Waals surface area contributed by atoms with Crippen LogP contribution in [-0.2, 0) is 0 Å². The van der Waals surface area contributed by atoms with Gasteiger partial charge in [-0.15, -0.1) is 0 Å². The summed E-state index contributed by atoms with van der Waals surface area (Å²) in [6.45, 7) is 4.87. The second-order valence-corrected chi connectivity index (χ2v) is 5.76. The third-order valence-electron chi connectivity index (χ3n) is 4.33. The van der Waals surface area contributed by atoms with E-state index in [1.165, 1.54) is 58.3 Å². The number of hydrogen-bond acceptors (Lipinski definition) is 3. The van der Waals surface area contributed by atoms with Gasteiger partial charge < -0.3 is 16.0 Å². The van der Waals surface area contributed by atoms with Crippen molar-refractivity contribution in [1.29, 1.82) is 0 Å². The average Bonchev–Trinajstić information content (AvgIpc) is 2.30. The molecule has 0 aromatic carbocycles. The van der Waals surface area contributed by atoms with E-state index in [1.807, 2.05) is 0 Å². The molecule has 2 heterocycles. The second-order valence-electron chi connectivity index (χ2n) is 5.76. The van der Waals surface area contributed by atoms with E-state index in [4.69, 9.17) is 5.73 Å². The van der Waals surface area contributed by atoms with Crippen molar-refractivity contribution in [3.63, 3.8) is 0 Å². The molecule has 2 saturated heterocycles. The van der Waals surface area contributed by atoms with Gasteiger partial charge in [-0.2, -0.15) is 0 Å². The molecule has 2 atom stereocenters. The zero-order valence-corrected chi connectivity index (χ0v) is 10.6. The minimum atomic E-state index is 0.436. The van der Waals surface area contributed by atoms with Crippen LogP contribution in [0.5, 0.6) is 0 Å². The minimum absolute atomic E-state index is 0.436. The Kier molecular flexibility index (Phi) is 4.62. The Morgan fingerprint density at radius 2 is 2.06 bits per heavy atom. The van der Waals surface area contributed by atoms with Gasteiger partial charge in [0.1, 0.15) is 0 Å². The van der Waals surface area contributed by atoms with E-state index in [-0.39, 0.29) is 0 Å². The molecule has 3 heteroatoms. The fourth-order valence-electron chi connectivity index (χ4n) is 3.25. The molecule has 2 aliphatic heterocycles. The van der Waals surface area contributed by atoms with Gasteiger partial charge in [-0.05, 0) is 70.6 Å². The SMILES string of the molecule is CN1CCCC(C(N)CC2CCNCC2)C1. The summed E-state index contributed by atoms with van der Waals surface area (Å²) in [5, 5.41) is 3.43. The largest absolute Gasteiger partial charge is 0.327 e. The Hall–Kier alpha value is -0.120. The summed E-state index contributed by atoms with van der Waals surface area (Å²) in [7, 11) is 2.23. The van der Waals surface area contributed by atoms with E-state index >= 15 is 0 Å². The molecule has 2 fully saturated rings. The normalized spacial score (nSPS) is 31.5. The molecule has 3 nitrogen and oxygen atoms in total. The number of nitrogens with two attached hydrogens (primary N) is 1. The van der Waals surface area contributed by atoms with Gasteiger partial charge in [-0.25, -0.2) is 0 Å². The van der Waals surface area contributed by atoms with E-state index < -0.39 is 0 Å². The highest BCUT2D eigenvalue weighted by Gasteiger charge is 2.25. The summed E-state index contributed by atoms with van der Waals surface area (Å²) < 4.78 is 0. The highest BCUT2D eigenvalue weighted by Crippen LogP contribution is 2.25. The summed E-state index contributed by atoms with van der Waals surface area (Å²) in [5.41, 5.74) is 6.39. The molecule has 3 N–H and O–H groups in total. The van der Waals surface area contributed by atoms with Crippen molar-refractivity contribution < 1.29 is 0 Å². The van der Waals surface area contributed by atoms with Crippen LogP contribution in [0.25, 0.3) is 0 Å². The number of nitrogens with zero attached hydrogens (tertiary/aromatic N) is 1. The maximum Gasteiger partial charge on any atom is 0.00820 e. The maximum absolute atomic E-state index is 6.39. The van der Waals surface area contributed by atoms with E-state index in [0.29, 0.717) is 6.04 Å². The van der Waals surface area contributed by atoms with Gasteiger partial charge in [0.15, 0.2) is 0 Å². The van der Waals surface area contributed by atoms with Crippen LogP contribution in [0.3, 0.4) is 0 Å². The number of nitrogens with one attached hydrogen (secondary N) is 1. The zero-order valence-electron chi connectivity index (χ0n) is 10.6. The van der Waals surface area contributed by atoms with E-state index in [2.05, 4.69) is 17.3 Å². The fraction of sp³-hybridized carbons (Fsp3) is 1.00. The molecule has 94 valence electrons. The first-order chi connectivity index (χ1) is 7.75. The molecule has 0 aromatic rings. The van der Waals surface area contributed by atoms with E-state index in [9.17, 15) is 0 Å². The molecular formula is C13H27N3. The summed E-state index contributed by atoms with van der Waals surface area (Å²) >= 11 is 0. The third kappa shape index (κ3) is 3.44. The second kappa shape index (κ2) is 5.99. The quantitative estimate of drug-likeness (QED) is 0.754. The van der Waals surface area contributed by atoms with Crippen molar-refractivity contribution >= 4 is 0 Å². The highest BCUT2D eigenvalue weighted by atomic mass is 15.1. The third-order valence-corrected chi connectivity index (χ3v) is 4.33. The monoisotopic (exact) mass is 225 g/mol. The van der Waals surface area contributed by atoms with Gasteiger partial charge in [0.2, 0.25) is 0 Å². The Morgan fingerprint density at radius 1 is 1.31 bits per heavy atom. The van der Waals surface area contributed by atoms with Crippen LogP contribution in [0.2, 0.25) is 0 Å². The van der Waals surface area contributed by atoms with E-state index in [1.54, 1.807) is 0 Å². The lowest BCUT2D eigenvalue weighted by atomic mass is 9.83. The van der Waals surface area contributed by atoms with Crippen molar-refractivity contribution in [3.8, 4) is 0 Å². The summed E-state index contributed by atoms with van der Waals surface area (Å²) in [5.74, 6) is 1.62. The van der Waals surface area contributed by atoms with Gasteiger partial charge in [-0.3, -0.25) is 0 Å². The smallest absolute Gasteiger partial charge is 0.00820 e. The number of hydrogen-bond donors (Lipinski definition) is 2. The van der Waals surface area contributed by atoms with Crippen molar-refractivity contribution in [2.45, 2.75) is 38.1 Å². The number of piperidine rings is 2. The van der Waals surface area contributed by atoms with Gasteiger partial charge in [0, 0.05) is 12.6 Å². The van der Waals surface area contributed by atoms with Crippen LogP contribution >= 0.6 is 0 Å². The predicted molar refractivity (Wildman–Crippen MR) is 68.4 cm³/mol. The topological polar surface area (TPSA) is 41.3 Å². The Labute approximate surface area is 99.8 Å². The summed E-state index contributed by atoms with van der Waals surface area (Å²) in [4.78, 5) is 2.44. The standard InChI is InChI=1S/C13H27N3/c1-16-8-2-3-12(10-16)13(14)9-11-4-6-15-7-5-11/h11-13,15H,2-10,14H2,1H3. The molecule has 0 bridgehead atoms. The van der Waals surface area contributed by atoms with Crippen molar-refractivity contribution in [2.24, 2.45) is 17.6 Å². The van der Waals surface area contributed by atoms with Crippen LogP contribution in [0.15, 0.2) is 0 Å². The summed E-state index contributed by atoms with van der Waals surface area (Å²) in [6.07, 6.45) is 6.59. The average molecular weight is 225 g/mol. The Morgan fingerprint density at radius 3 is 2.75 bits per heavy atom. The Balaban J connectivity index is 1.75. The summed E-state index contributed by atoms with van der Waals surface area (Å²) in [6, 6.07) is 0.436. The molecule has 2 rings (SSSR count).